The summed E-state index contributed by atoms with van der Waals surface area (Å²) >= 11 is 0. The van der Waals surface area contributed by atoms with E-state index in [-0.39, 0.29) is 12.0 Å². The zero-order chi connectivity index (χ0) is 13.2. The maximum Gasteiger partial charge on any atom is 0.0666 e. The van der Waals surface area contributed by atoms with Crippen molar-refractivity contribution in [1.82, 2.24) is 15.1 Å². The van der Waals surface area contributed by atoms with Gasteiger partial charge in [-0.05, 0) is 19.3 Å². The Kier molecular flexibility index (Phi) is 4.07. The number of hydrogen-bond acceptors (Lipinski definition) is 3. The van der Waals surface area contributed by atoms with Crippen LogP contribution in [0.5, 0.6) is 0 Å². The highest BCUT2D eigenvalue weighted by atomic mass is 16.3. The number of hydrogen-bond donors (Lipinski definition) is 2. The minimum Gasteiger partial charge on any atom is -0.396 e. The number of aryl methyl sites for hydroxylation is 2. The van der Waals surface area contributed by atoms with Gasteiger partial charge in [0.25, 0.3) is 0 Å². The highest BCUT2D eigenvalue weighted by molar-refractivity contribution is 5.17. The summed E-state index contributed by atoms with van der Waals surface area (Å²) in [5.74, 6) is 0. The average molecular weight is 251 g/mol. The van der Waals surface area contributed by atoms with Gasteiger partial charge in [-0.2, -0.15) is 5.10 Å². The average Bonchev–Trinajstić information content (AvgIpc) is 2.90. The number of aliphatic hydroxyl groups is 1. The van der Waals surface area contributed by atoms with E-state index in [1.165, 1.54) is 24.1 Å². The van der Waals surface area contributed by atoms with E-state index in [1.54, 1.807) is 0 Å². The Morgan fingerprint density at radius 3 is 3.06 bits per heavy atom. The Bertz CT molecular complexity index is 402. The van der Waals surface area contributed by atoms with Gasteiger partial charge in [-0.3, -0.25) is 4.68 Å². The van der Waals surface area contributed by atoms with Gasteiger partial charge in [0.05, 0.1) is 5.69 Å². The van der Waals surface area contributed by atoms with E-state index < -0.39 is 0 Å². The molecule has 2 rings (SSSR count). The fourth-order valence-corrected chi connectivity index (χ4v) is 3.03. The third kappa shape index (κ3) is 2.59. The van der Waals surface area contributed by atoms with Crippen LogP contribution in [0.15, 0.2) is 6.20 Å². The summed E-state index contributed by atoms with van der Waals surface area (Å²) in [6, 6.07) is 0.424. The zero-order valence-electron chi connectivity index (χ0n) is 11.7. The summed E-state index contributed by atoms with van der Waals surface area (Å²) in [7, 11) is 1.97. The molecule has 0 aromatic carbocycles. The normalized spacial score (nSPS) is 27.9. The summed E-state index contributed by atoms with van der Waals surface area (Å²) in [4.78, 5) is 0. The topological polar surface area (TPSA) is 50.1 Å². The van der Waals surface area contributed by atoms with Crippen molar-refractivity contribution in [3.63, 3.8) is 0 Å². The Morgan fingerprint density at radius 1 is 1.61 bits per heavy atom. The fraction of sp³-hybridized carbons (Fsp3) is 0.786. The maximum absolute atomic E-state index is 9.54. The standard InChI is InChI=1S/C14H25N3O/c1-4-12-11(9-17(3)16-12)8-15-13-6-5-7-14(13,2)10-18/h9,13,15,18H,4-8,10H2,1-3H3. The van der Waals surface area contributed by atoms with Gasteiger partial charge < -0.3 is 10.4 Å². The van der Waals surface area contributed by atoms with Gasteiger partial charge in [-0.25, -0.2) is 0 Å². The second kappa shape index (κ2) is 5.41. The Labute approximate surface area is 109 Å². The van der Waals surface area contributed by atoms with Crippen molar-refractivity contribution in [3.8, 4) is 0 Å². The molecule has 1 saturated carbocycles. The number of nitrogens with zero attached hydrogens (tertiary/aromatic N) is 2. The molecule has 1 fully saturated rings. The van der Waals surface area contributed by atoms with Crippen molar-refractivity contribution < 1.29 is 5.11 Å². The van der Waals surface area contributed by atoms with Crippen LogP contribution in [0, 0.1) is 5.41 Å². The number of nitrogens with one attached hydrogen (secondary N) is 1. The van der Waals surface area contributed by atoms with Crippen LogP contribution in [-0.2, 0) is 20.0 Å². The van der Waals surface area contributed by atoms with Crippen LogP contribution in [0.25, 0.3) is 0 Å². The summed E-state index contributed by atoms with van der Waals surface area (Å²) in [6.45, 7) is 5.45. The molecule has 0 amide bonds. The van der Waals surface area contributed by atoms with Crippen molar-refractivity contribution in [2.24, 2.45) is 12.5 Å². The predicted molar refractivity (Wildman–Crippen MR) is 72.3 cm³/mol. The molecule has 0 spiro atoms. The van der Waals surface area contributed by atoms with E-state index in [4.69, 9.17) is 0 Å². The van der Waals surface area contributed by atoms with Gasteiger partial charge in [0.1, 0.15) is 0 Å². The van der Waals surface area contributed by atoms with Crippen LogP contribution in [0.4, 0.5) is 0 Å². The van der Waals surface area contributed by atoms with E-state index in [0.717, 1.165) is 19.4 Å². The van der Waals surface area contributed by atoms with Crippen molar-refractivity contribution in [2.75, 3.05) is 6.61 Å². The summed E-state index contributed by atoms with van der Waals surface area (Å²) in [5.41, 5.74) is 2.51. The molecular weight excluding hydrogens is 226 g/mol. The zero-order valence-corrected chi connectivity index (χ0v) is 11.7. The molecule has 2 atom stereocenters. The molecule has 0 radical (unpaired) electrons. The Balaban J connectivity index is 1.99. The van der Waals surface area contributed by atoms with Crippen LogP contribution in [-0.4, -0.2) is 27.5 Å². The number of aromatic nitrogens is 2. The quantitative estimate of drug-likeness (QED) is 0.836. The number of rotatable bonds is 5. The minimum absolute atomic E-state index is 0.0502. The molecule has 1 aliphatic carbocycles. The van der Waals surface area contributed by atoms with Gasteiger partial charge in [-0.1, -0.05) is 20.3 Å². The molecule has 2 N–H and O–H groups in total. The third-order valence-corrected chi connectivity index (χ3v) is 4.31. The molecular formula is C14H25N3O. The third-order valence-electron chi connectivity index (χ3n) is 4.31. The fourth-order valence-electron chi connectivity index (χ4n) is 3.03. The lowest BCUT2D eigenvalue weighted by atomic mass is 9.86. The Hall–Kier alpha value is -0.870. The van der Waals surface area contributed by atoms with Crippen molar-refractivity contribution in [3.05, 3.63) is 17.5 Å². The first-order valence-electron chi connectivity index (χ1n) is 6.94. The second-order valence-electron chi connectivity index (χ2n) is 5.77. The largest absolute Gasteiger partial charge is 0.396 e. The maximum atomic E-state index is 9.54. The van der Waals surface area contributed by atoms with Crippen LogP contribution >= 0.6 is 0 Å². The summed E-state index contributed by atoms with van der Waals surface area (Å²) < 4.78 is 1.88. The molecule has 0 bridgehead atoms. The highest BCUT2D eigenvalue weighted by Gasteiger charge is 2.37. The molecule has 4 heteroatoms. The minimum atomic E-state index is 0.0502. The molecule has 1 aliphatic rings. The first-order chi connectivity index (χ1) is 8.59. The van der Waals surface area contributed by atoms with Gasteiger partial charge in [0.2, 0.25) is 0 Å². The van der Waals surface area contributed by atoms with Gasteiger partial charge in [0.15, 0.2) is 0 Å². The van der Waals surface area contributed by atoms with E-state index in [1.807, 2.05) is 11.7 Å². The van der Waals surface area contributed by atoms with Crippen molar-refractivity contribution >= 4 is 0 Å². The van der Waals surface area contributed by atoms with E-state index >= 15 is 0 Å². The lowest BCUT2D eigenvalue weighted by Crippen LogP contribution is -2.41. The smallest absolute Gasteiger partial charge is 0.0666 e. The lowest BCUT2D eigenvalue weighted by molar-refractivity contribution is 0.118. The molecule has 0 aliphatic heterocycles. The first-order valence-corrected chi connectivity index (χ1v) is 6.94. The highest BCUT2D eigenvalue weighted by Crippen LogP contribution is 2.37. The SMILES string of the molecule is CCc1nn(C)cc1CNC1CCCC1(C)CO. The van der Waals surface area contributed by atoms with Gasteiger partial charge in [0, 0.05) is 43.4 Å². The van der Waals surface area contributed by atoms with Crippen LogP contribution in [0.3, 0.4) is 0 Å². The molecule has 1 aromatic heterocycles. The van der Waals surface area contributed by atoms with Crippen molar-refractivity contribution in [1.29, 1.82) is 0 Å². The molecule has 1 aromatic rings. The van der Waals surface area contributed by atoms with E-state index in [2.05, 4.69) is 30.5 Å². The molecule has 1 heterocycles. The molecule has 4 nitrogen and oxygen atoms in total. The van der Waals surface area contributed by atoms with Crippen LogP contribution < -0.4 is 5.32 Å². The molecule has 2 unspecified atom stereocenters. The van der Waals surface area contributed by atoms with Crippen LogP contribution in [0.1, 0.15) is 44.4 Å². The summed E-state index contributed by atoms with van der Waals surface area (Å²) in [5, 5.41) is 17.6. The molecule has 102 valence electrons. The van der Waals surface area contributed by atoms with Gasteiger partial charge in [-0.15, -0.1) is 0 Å². The Morgan fingerprint density at radius 2 is 2.39 bits per heavy atom. The van der Waals surface area contributed by atoms with Crippen molar-refractivity contribution in [2.45, 2.75) is 52.1 Å². The number of aliphatic hydroxyl groups excluding tert-OH is 1. The van der Waals surface area contributed by atoms with Gasteiger partial charge >= 0.3 is 0 Å². The first kappa shape index (κ1) is 13.6. The van der Waals surface area contributed by atoms with E-state index in [0.29, 0.717) is 6.04 Å². The monoisotopic (exact) mass is 251 g/mol. The summed E-state index contributed by atoms with van der Waals surface area (Å²) in [6.07, 6.45) is 6.56. The molecule has 18 heavy (non-hydrogen) atoms. The predicted octanol–water partition coefficient (Wildman–Crippen LogP) is 1.62. The lowest BCUT2D eigenvalue weighted by Gasteiger charge is -2.30. The molecule has 0 saturated heterocycles. The van der Waals surface area contributed by atoms with Crippen LogP contribution in [0.2, 0.25) is 0 Å². The van der Waals surface area contributed by atoms with E-state index in [9.17, 15) is 5.11 Å². The second-order valence-corrected chi connectivity index (χ2v) is 5.77.